The van der Waals surface area contributed by atoms with Gasteiger partial charge >= 0.3 is 0 Å². The fraction of sp³-hybridized carbons (Fsp3) is 0.286. The molecule has 0 aliphatic heterocycles. The normalized spacial score (nSPS) is 11.2. The molecule has 1 N–H and O–H groups in total. The Bertz CT molecular complexity index is 549. The molecule has 0 bridgehead atoms. The molecule has 3 nitrogen and oxygen atoms in total. The lowest BCUT2D eigenvalue weighted by Crippen LogP contribution is -2.08. The number of nitrogens with zero attached hydrogens (tertiary/aromatic N) is 1. The number of hydrogen-bond acceptors (Lipinski definition) is 2. The monoisotopic (exact) mass is 228 g/mol. The van der Waals surface area contributed by atoms with Gasteiger partial charge in [-0.05, 0) is 31.2 Å². The lowest BCUT2D eigenvalue weighted by molar-refractivity contribution is 0.0956. The summed E-state index contributed by atoms with van der Waals surface area (Å²) in [6.07, 6.45) is 1.83. The maximum atomic E-state index is 11.7. The number of fused-ring (bicyclic) bond motifs is 1. The van der Waals surface area contributed by atoms with Gasteiger partial charge in [0.1, 0.15) is 5.92 Å². The van der Waals surface area contributed by atoms with E-state index < -0.39 is 5.92 Å². The third kappa shape index (κ3) is 2.73. The van der Waals surface area contributed by atoms with Crippen molar-refractivity contribution in [1.82, 2.24) is 4.98 Å². The summed E-state index contributed by atoms with van der Waals surface area (Å²) in [7, 11) is 0. The van der Waals surface area contributed by atoms with Crippen molar-refractivity contribution in [3.8, 4) is 6.07 Å². The molecule has 1 atom stereocenters. The summed E-state index contributed by atoms with van der Waals surface area (Å²) in [4.78, 5) is 14.8. The van der Waals surface area contributed by atoms with Crippen molar-refractivity contribution in [3.05, 3.63) is 36.0 Å². The van der Waals surface area contributed by atoms with Crippen molar-refractivity contribution in [2.75, 3.05) is 0 Å². The Morgan fingerprint density at radius 2 is 2.06 bits per heavy atom. The smallest absolute Gasteiger partial charge is 0.179 e. The van der Waals surface area contributed by atoms with E-state index in [0.29, 0.717) is 5.56 Å². The van der Waals surface area contributed by atoms with E-state index in [4.69, 9.17) is 5.26 Å². The Labute approximate surface area is 101 Å². The zero-order valence-electron chi connectivity index (χ0n) is 10.3. The molecule has 1 unspecified atom stereocenters. The minimum Gasteiger partial charge on any atom is -0.361 e. The first kappa shape index (κ1) is 13.0. The molecule has 0 radical (unpaired) electrons. The van der Waals surface area contributed by atoms with Crippen LogP contribution in [-0.4, -0.2) is 10.8 Å². The summed E-state index contributed by atoms with van der Waals surface area (Å²) in [5.74, 6) is -0.706. The molecule has 3 heteroatoms. The number of rotatable bonds is 2. The zero-order valence-corrected chi connectivity index (χ0v) is 10.3. The number of carbonyl (C=O) groups excluding carboxylic acids is 1. The molecule has 88 valence electrons. The SMILES string of the molecule is CC.CC(C#N)C(=O)c1ccc2[nH]ccc2c1. The van der Waals surface area contributed by atoms with Crippen LogP contribution in [0.3, 0.4) is 0 Å². The summed E-state index contributed by atoms with van der Waals surface area (Å²) in [6.45, 7) is 5.61. The predicted octanol–water partition coefficient (Wildman–Crippen LogP) is 3.54. The first-order valence-corrected chi connectivity index (χ1v) is 5.73. The highest BCUT2D eigenvalue weighted by atomic mass is 16.1. The van der Waals surface area contributed by atoms with Crippen LogP contribution < -0.4 is 0 Å². The minimum atomic E-state index is -0.582. The average Bonchev–Trinajstić information content (AvgIpc) is 2.86. The Balaban J connectivity index is 0.000000686. The number of aromatic nitrogens is 1. The number of H-pyrrole nitrogens is 1. The Morgan fingerprint density at radius 3 is 2.71 bits per heavy atom. The molecular weight excluding hydrogens is 212 g/mol. The second-order valence-corrected chi connectivity index (χ2v) is 3.49. The summed E-state index contributed by atoms with van der Waals surface area (Å²) in [6, 6.07) is 9.26. The van der Waals surface area contributed by atoms with E-state index in [1.807, 2.05) is 44.3 Å². The van der Waals surface area contributed by atoms with E-state index in [2.05, 4.69) is 4.98 Å². The molecule has 0 saturated carbocycles. The fourth-order valence-corrected chi connectivity index (χ4v) is 1.52. The van der Waals surface area contributed by atoms with Gasteiger partial charge in [0, 0.05) is 22.7 Å². The molecule has 0 saturated heterocycles. The van der Waals surface area contributed by atoms with Gasteiger partial charge in [-0.3, -0.25) is 4.79 Å². The molecular formula is C14H16N2O. The number of Topliss-reactive ketones (excluding diaryl/α,β-unsaturated/α-hetero) is 1. The van der Waals surface area contributed by atoms with Crippen molar-refractivity contribution < 1.29 is 4.79 Å². The maximum Gasteiger partial charge on any atom is 0.179 e. The lowest BCUT2D eigenvalue weighted by Gasteiger charge is -2.01. The van der Waals surface area contributed by atoms with E-state index in [1.54, 1.807) is 13.0 Å². The van der Waals surface area contributed by atoms with Gasteiger partial charge in [0.2, 0.25) is 0 Å². The van der Waals surface area contributed by atoms with E-state index >= 15 is 0 Å². The van der Waals surface area contributed by atoms with Crippen LogP contribution >= 0.6 is 0 Å². The highest BCUT2D eigenvalue weighted by Gasteiger charge is 2.14. The molecule has 17 heavy (non-hydrogen) atoms. The van der Waals surface area contributed by atoms with Crippen molar-refractivity contribution in [2.45, 2.75) is 20.8 Å². The minimum absolute atomic E-state index is 0.124. The molecule has 0 fully saturated rings. The molecule has 0 aliphatic rings. The number of hydrogen-bond donors (Lipinski definition) is 1. The summed E-state index contributed by atoms with van der Waals surface area (Å²) >= 11 is 0. The number of aromatic amines is 1. The summed E-state index contributed by atoms with van der Waals surface area (Å²) in [5.41, 5.74) is 1.59. The van der Waals surface area contributed by atoms with Crippen LogP contribution in [-0.2, 0) is 0 Å². The third-order valence-electron chi connectivity index (χ3n) is 2.42. The van der Waals surface area contributed by atoms with Crippen molar-refractivity contribution in [3.63, 3.8) is 0 Å². The van der Waals surface area contributed by atoms with Gasteiger partial charge in [-0.1, -0.05) is 13.8 Å². The van der Waals surface area contributed by atoms with Crippen LogP contribution in [0, 0.1) is 17.2 Å². The van der Waals surface area contributed by atoms with Gasteiger partial charge in [-0.15, -0.1) is 0 Å². The summed E-state index contributed by atoms with van der Waals surface area (Å²) in [5, 5.41) is 9.65. The largest absolute Gasteiger partial charge is 0.361 e. The first-order valence-electron chi connectivity index (χ1n) is 5.73. The quantitative estimate of drug-likeness (QED) is 0.799. The number of benzene rings is 1. The second kappa shape index (κ2) is 5.86. The van der Waals surface area contributed by atoms with Crippen LogP contribution in [0.25, 0.3) is 10.9 Å². The number of nitrogens with one attached hydrogen (secondary N) is 1. The van der Waals surface area contributed by atoms with Crippen molar-refractivity contribution in [2.24, 2.45) is 5.92 Å². The summed E-state index contributed by atoms with van der Waals surface area (Å²) < 4.78 is 0. The van der Waals surface area contributed by atoms with Gasteiger partial charge in [-0.25, -0.2) is 0 Å². The van der Waals surface area contributed by atoms with Crippen LogP contribution in [0.15, 0.2) is 30.5 Å². The van der Waals surface area contributed by atoms with Crippen molar-refractivity contribution in [1.29, 1.82) is 5.26 Å². The molecule has 2 aromatic rings. The maximum absolute atomic E-state index is 11.7. The molecule has 0 aliphatic carbocycles. The molecule has 1 aromatic carbocycles. The molecule has 1 heterocycles. The Hall–Kier alpha value is -2.08. The molecule has 2 rings (SSSR count). The van der Waals surface area contributed by atoms with Crippen LogP contribution in [0.1, 0.15) is 31.1 Å². The van der Waals surface area contributed by atoms with Gasteiger partial charge in [0.25, 0.3) is 0 Å². The Morgan fingerprint density at radius 1 is 1.35 bits per heavy atom. The van der Waals surface area contributed by atoms with E-state index in [-0.39, 0.29) is 5.78 Å². The number of ketones is 1. The average molecular weight is 228 g/mol. The second-order valence-electron chi connectivity index (χ2n) is 3.49. The topological polar surface area (TPSA) is 56.6 Å². The van der Waals surface area contributed by atoms with Crippen LogP contribution in [0.4, 0.5) is 0 Å². The number of carbonyl (C=O) groups is 1. The molecule has 0 spiro atoms. The fourth-order valence-electron chi connectivity index (χ4n) is 1.52. The first-order chi connectivity index (χ1) is 8.22. The standard InChI is InChI=1S/C12H10N2O.C2H6/c1-8(7-13)12(15)10-2-3-11-9(6-10)4-5-14-11;1-2/h2-6,8,14H,1H3;1-2H3. The lowest BCUT2D eigenvalue weighted by atomic mass is 10.00. The van der Waals surface area contributed by atoms with Crippen LogP contribution in [0.2, 0.25) is 0 Å². The highest BCUT2D eigenvalue weighted by Crippen LogP contribution is 2.16. The van der Waals surface area contributed by atoms with E-state index in [0.717, 1.165) is 10.9 Å². The predicted molar refractivity (Wildman–Crippen MR) is 68.8 cm³/mol. The van der Waals surface area contributed by atoms with Gasteiger partial charge in [0.15, 0.2) is 5.78 Å². The van der Waals surface area contributed by atoms with Crippen molar-refractivity contribution >= 4 is 16.7 Å². The highest BCUT2D eigenvalue weighted by molar-refractivity contribution is 6.01. The Kier molecular flexibility index (Phi) is 4.47. The zero-order chi connectivity index (χ0) is 12.8. The third-order valence-corrected chi connectivity index (χ3v) is 2.42. The van der Waals surface area contributed by atoms with E-state index in [9.17, 15) is 4.79 Å². The van der Waals surface area contributed by atoms with Gasteiger partial charge in [0.05, 0.1) is 6.07 Å². The number of nitriles is 1. The molecule has 1 aromatic heterocycles. The van der Waals surface area contributed by atoms with Gasteiger partial charge in [-0.2, -0.15) is 5.26 Å². The van der Waals surface area contributed by atoms with Crippen LogP contribution in [0.5, 0.6) is 0 Å². The molecule has 0 amide bonds. The van der Waals surface area contributed by atoms with E-state index in [1.165, 1.54) is 0 Å². The van der Waals surface area contributed by atoms with Gasteiger partial charge < -0.3 is 4.98 Å².